The van der Waals surface area contributed by atoms with Gasteiger partial charge in [-0.2, -0.15) is 0 Å². The highest BCUT2D eigenvalue weighted by Gasteiger charge is 2.38. The van der Waals surface area contributed by atoms with Gasteiger partial charge in [0.25, 0.3) is 0 Å². The molecule has 1 saturated carbocycles. The summed E-state index contributed by atoms with van der Waals surface area (Å²) in [5, 5.41) is 21.5. The number of aliphatic carboxylic acids is 1. The Kier molecular flexibility index (Phi) is 5.16. The fraction of sp³-hybridized carbons (Fsp3) is 0.467. The van der Waals surface area contributed by atoms with E-state index in [1.54, 1.807) is 0 Å². The molecule has 3 N–H and O–H groups in total. The summed E-state index contributed by atoms with van der Waals surface area (Å²) in [6.07, 6.45) is -0.0149. The fourth-order valence-corrected chi connectivity index (χ4v) is 2.55. The number of rotatable bonds is 4. The Hall–Kier alpha value is -2.08. The molecule has 2 rings (SSSR count). The molecule has 1 aromatic rings. The molecule has 114 valence electrons. The molecule has 0 heterocycles. The van der Waals surface area contributed by atoms with Crippen LogP contribution in [0, 0.1) is 5.92 Å². The predicted molar refractivity (Wildman–Crippen MR) is 74.5 cm³/mol. The van der Waals surface area contributed by atoms with Crippen LogP contribution in [0.15, 0.2) is 30.3 Å². The zero-order valence-electron chi connectivity index (χ0n) is 11.6. The van der Waals surface area contributed by atoms with Crippen LogP contribution in [0.2, 0.25) is 0 Å². The monoisotopic (exact) mass is 293 g/mol. The number of hydrogen-bond donors (Lipinski definition) is 3. The number of carbonyl (C=O) groups is 2. The Labute approximate surface area is 122 Å². The number of alkyl carbamates (subject to hydrolysis) is 1. The number of benzene rings is 1. The van der Waals surface area contributed by atoms with Crippen LogP contribution >= 0.6 is 0 Å². The first-order chi connectivity index (χ1) is 10.1. The number of carbonyl (C=O) groups excluding carboxylic acids is 1. The van der Waals surface area contributed by atoms with E-state index in [1.165, 1.54) is 0 Å². The van der Waals surface area contributed by atoms with Gasteiger partial charge in [0, 0.05) is 0 Å². The SMILES string of the molecule is O=C(N[C@@H]1[C@@H](O)CCC[C@H]1C(=O)O)OCc1ccccc1. The second-order valence-electron chi connectivity index (χ2n) is 5.17. The van der Waals surface area contributed by atoms with Crippen LogP contribution in [0.5, 0.6) is 0 Å². The molecule has 0 spiro atoms. The van der Waals surface area contributed by atoms with E-state index >= 15 is 0 Å². The van der Waals surface area contributed by atoms with Crippen molar-refractivity contribution in [3.8, 4) is 0 Å². The van der Waals surface area contributed by atoms with E-state index in [0.717, 1.165) is 5.56 Å². The molecule has 0 saturated heterocycles. The predicted octanol–water partition coefficient (Wildman–Crippen LogP) is 1.53. The zero-order chi connectivity index (χ0) is 15.2. The molecule has 1 aliphatic carbocycles. The van der Waals surface area contributed by atoms with Crippen molar-refractivity contribution in [1.82, 2.24) is 5.32 Å². The van der Waals surface area contributed by atoms with Gasteiger partial charge >= 0.3 is 12.1 Å². The average Bonchev–Trinajstić information content (AvgIpc) is 2.48. The van der Waals surface area contributed by atoms with Gasteiger partial charge in [-0.1, -0.05) is 30.3 Å². The van der Waals surface area contributed by atoms with Crippen LogP contribution < -0.4 is 5.32 Å². The first kappa shape index (κ1) is 15.3. The van der Waals surface area contributed by atoms with Gasteiger partial charge in [-0.15, -0.1) is 0 Å². The summed E-state index contributed by atoms with van der Waals surface area (Å²) in [5.74, 6) is -1.79. The number of aliphatic hydroxyl groups excluding tert-OH is 1. The maximum absolute atomic E-state index is 11.8. The molecule has 21 heavy (non-hydrogen) atoms. The molecule has 1 amide bonds. The van der Waals surface area contributed by atoms with Crippen LogP contribution in [0.4, 0.5) is 4.79 Å². The van der Waals surface area contributed by atoms with Crippen molar-refractivity contribution in [3.05, 3.63) is 35.9 Å². The molecule has 0 aliphatic heterocycles. The van der Waals surface area contributed by atoms with Crippen LogP contribution in [0.1, 0.15) is 24.8 Å². The third-order valence-electron chi connectivity index (χ3n) is 3.68. The van der Waals surface area contributed by atoms with Gasteiger partial charge in [0.1, 0.15) is 6.61 Å². The van der Waals surface area contributed by atoms with Crippen LogP contribution in [-0.4, -0.2) is 34.4 Å². The maximum Gasteiger partial charge on any atom is 0.407 e. The Morgan fingerprint density at radius 1 is 1.24 bits per heavy atom. The van der Waals surface area contributed by atoms with E-state index in [1.807, 2.05) is 30.3 Å². The van der Waals surface area contributed by atoms with Gasteiger partial charge in [-0.25, -0.2) is 4.79 Å². The lowest BCUT2D eigenvalue weighted by Crippen LogP contribution is -2.52. The summed E-state index contributed by atoms with van der Waals surface area (Å²) < 4.78 is 5.05. The van der Waals surface area contributed by atoms with E-state index in [-0.39, 0.29) is 6.61 Å². The number of ether oxygens (including phenoxy) is 1. The molecule has 1 fully saturated rings. The van der Waals surface area contributed by atoms with Gasteiger partial charge in [0.05, 0.1) is 18.1 Å². The minimum atomic E-state index is -1.01. The minimum Gasteiger partial charge on any atom is -0.481 e. The third kappa shape index (κ3) is 4.19. The summed E-state index contributed by atoms with van der Waals surface area (Å²) in [5.41, 5.74) is 0.839. The normalized spacial score (nSPS) is 25.1. The van der Waals surface area contributed by atoms with Crippen LogP contribution in [0.25, 0.3) is 0 Å². The molecule has 6 heteroatoms. The molecule has 0 radical (unpaired) electrons. The lowest BCUT2D eigenvalue weighted by Gasteiger charge is -2.33. The molecular weight excluding hydrogens is 274 g/mol. The highest BCUT2D eigenvalue weighted by atomic mass is 16.5. The molecule has 0 unspecified atom stereocenters. The number of aliphatic hydroxyl groups is 1. The third-order valence-corrected chi connectivity index (χ3v) is 3.68. The van der Waals surface area contributed by atoms with E-state index in [2.05, 4.69) is 5.32 Å². The summed E-state index contributed by atoms with van der Waals surface area (Å²) in [6.45, 7) is 0.104. The van der Waals surface area contributed by atoms with Gasteiger partial charge in [0.15, 0.2) is 0 Å². The van der Waals surface area contributed by atoms with Crippen molar-refractivity contribution in [1.29, 1.82) is 0 Å². The van der Waals surface area contributed by atoms with Crippen molar-refractivity contribution >= 4 is 12.1 Å². The second kappa shape index (κ2) is 7.08. The molecule has 6 nitrogen and oxygen atoms in total. The average molecular weight is 293 g/mol. The van der Waals surface area contributed by atoms with E-state index in [9.17, 15) is 14.7 Å². The second-order valence-corrected chi connectivity index (χ2v) is 5.17. The number of nitrogens with one attached hydrogen (secondary N) is 1. The quantitative estimate of drug-likeness (QED) is 0.782. The van der Waals surface area contributed by atoms with Gasteiger partial charge in [0.2, 0.25) is 0 Å². The Morgan fingerprint density at radius 3 is 2.62 bits per heavy atom. The van der Waals surface area contributed by atoms with Gasteiger partial charge in [-0.3, -0.25) is 4.79 Å². The molecule has 1 aliphatic rings. The number of hydrogen-bond acceptors (Lipinski definition) is 4. The largest absolute Gasteiger partial charge is 0.481 e. The molecule has 0 aromatic heterocycles. The molecule has 0 bridgehead atoms. The highest BCUT2D eigenvalue weighted by Crippen LogP contribution is 2.25. The molecule has 3 atom stereocenters. The summed E-state index contributed by atoms with van der Waals surface area (Å²) >= 11 is 0. The Bertz CT molecular complexity index is 490. The molecular formula is C15H19NO5. The standard InChI is InChI=1S/C15H19NO5/c17-12-8-4-7-11(14(18)19)13(12)16-15(20)21-9-10-5-2-1-3-6-10/h1-3,5-6,11-13,17H,4,7-9H2,(H,16,20)(H,18,19)/t11-,12+,13+/m1/s1. The van der Waals surface area contributed by atoms with Crippen molar-refractivity contribution < 1.29 is 24.5 Å². The highest BCUT2D eigenvalue weighted by molar-refractivity contribution is 5.74. The van der Waals surface area contributed by atoms with E-state index in [4.69, 9.17) is 9.84 Å². The van der Waals surface area contributed by atoms with Crippen LogP contribution in [-0.2, 0) is 16.1 Å². The zero-order valence-corrected chi connectivity index (χ0v) is 11.6. The van der Waals surface area contributed by atoms with E-state index in [0.29, 0.717) is 19.3 Å². The summed E-state index contributed by atoms with van der Waals surface area (Å²) in [7, 11) is 0. The van der Waals surface area contributed by atoms with Gasteiger partial charge in [-0.05, 0) is 24.8 Å². The van der Waals surface area contributed by atoms with Crippen molar-refractivity contribution in [2.24, 2.45) is 5.92 Å². The lowest BCUT2D eigenvalue weighted by molar-refractivity contribution is -0.145. The summed E-state index contributed by atoms with van der Waals surface area (Å²) in [4.78, 5) is 22.9. The minimum absolute atomic E-state index is 0.104. The first-order valence-corrected chi connectivity index (χ1v) is 6.96. The number of carboxylic acid groups (broad SMARTS) is 1. The Balaban J connectivity index is 1.89. The molecule has 1 aromatic carbocycles. The van der Waals surface area contributed by atoms with Crippen molar-refractivity contribution in [3.63, 3.8) is 0 Å². The van der Waals surface area contributed by atoms with Crippen LogP contribution in [0.3, 0.4) is 0 Å². The maximum atomic E-state index is 11.8. The summed E-state index contributed by atoms with van der Waals surface area (Å²) in [6, 6.07) is 8.37. The van der Waals surface area contributed by atoms with E-state index < -0.39 is 30.1 Å². The topological polar surface area (TPSA) is 95.9 Å². The first-order valence-electron chi connectivity index (χ1n) is 6.96. The number of amides is 1. The smallest absolute Gasteiger partial charge is 0.407 e. The van der Waals surface area contributed by atoms with Gasteiger partial charge < -0.3 is 20.3 Å². The van der Waals surface area contributed by atoms with Crippen molar-refractivity contribution in [2.45, 2.75) is 38.0 Å². The van der Waals surface area contributed by atoms with Crippen molar-refractivity contribution in [2.75, 3.05) is 0 Å². The fourth-order valence-electron chi connectivity index (χ4n) is 2.55. The number of carboxylic acids is 1. The Morgan fingerprint density at radius 2 is 1.95 bits per heavy atom. The lowest BCUT2D eigenvalue weighted by atomic mass is 9.82.